The summed E-state index contributed by atoms with van der Waals surface area (Å²) in [6.45, 7) is 6.35. The number of carbonyl (C=O) groups is 1. The first kappa shape index (κ1) is 17.8. The molecular weight excluding hydrogens is 355 g/mol. The molecule has 0 aliphatic carbocycles. The predicted octanol–water partition coefficient (Wildman–Crippen LogP) is 4.35. The normalized spacial score (nSPS) is 16.0. The summed E-state index contributed by atoms with van der Waals surface area (Å²) in [7, 11) is 0. The standard InChI is InChI=1S/C16H18F3N3O2S/c1-15(2,3)24-14(23)22-7-10(8-22)20-13-21-11-6-9(16(17,18)19)4-5-12(11)25-13/h4-6,10H,7-8H2,1-3H3,(H,20,21). The second-order valence-electron chi connectivity index (χ2n) is 6.93. The predicted molar refractivity (Wildman–Crippen MR) is 89.8 cm³/mol. The average Bonchev–Trinajstić information content (AvgIpc) is 2.80. The Bertz CT molecular complexity index is 792. The van der Waals surface area contributed by atoms with Crippen molar-refractivity contribution in [1.82, 2.24) is 9.88 Å². The van der Waals surface area contributed by atoms with Gasteiger partial charge in [0.25, 0.3) is 0 Å². The second kappa shape index (κ2) is 6.05. The molecule has 1 fully saturated rings. The number of halogens is 3. The maximum Gasteiger partial charge on any atom is 0.416 e. The third-order valence-corrected chi connectivity index (χ3v) is 4.54. The maximum atomic E-state index is 12.7. The van der Waals surface area contributed by atoms with Crippen LogP contribution in [0.25, 0.3) is 10.2 Å². The van der Waals surface area contributed by atoms with E-state index in [1.165, 1.54) is 17.4 Å². The van der Waals surface area contributed by atoms with E-state index in [9.17, 15) is 18.0 Å². The van der Waals surface area contributed by atoms with Crippen molar-refractivity contribution >= 4 is 32.8 Å². The van der Waals surface area contributed by atoms with Crippen LogP contribution in [0, 0.1) is 0 Å². The Morgan fingerprint density at radius 1 is 1.32 bits per heavy atom. The van der Waals surface area contributed by atoms with Crippen LogP contribution in [0.2, 0.25) is 0 Å². The molecular formula is C16H18F3N3O2S. The second-order valence-corrected chi connectivity index (χ2v) is 7.96. The summed E-state index contributed by atoms with van der Waals surface area (Å²) in [6, 6.07) is 3.53. The monoisotopic (exact) mass is 373 g/mol. The highest BCUT2D eigenvalue weighted by Gasteiger charge is 2.34. The van der Waals surface area contributed by atoms with E-state index in [0.717, 1.165) is 12.1 Å². The zero-order chi connectivity index (χ0) is 18.4. The number of anilines is 1. The molecule has 1 aliphatic heterocycles. The van der Waals surface area contributed by atoms with E-state index in [4.69, 9.17) is 4.74 Å². The molecule has 0 radical (unpaired) electrons. The number of rotatable bonds is 2. The minimum atomic E-state index is -4.38. The molecule has 2 heterocycles. The number of nitrogens with one attached hydrogen (secondary N) is 1. The van der Waals surface area contributed by atoms with Crippen molar-refractivity contribution in [2.45, 2.75) is 38.6 Å². The molecule has 5 nitrogen and oxygen atoms in total. The van der Waals surface area contributed by atoms with Crippen LogP contribution in [0.15, 0.2) is 18.2 Å². The van der Waals surface area contributed by atoms with E-state index < -0.39 is 17.3 Å². The van der Waals surface area contributed by atoms with Crippen LogP contribution < -0.4 is 5.32 Å². The number of carbonyl (C=O) groups excluding carboxylic acids is 1. The molecule has 2 aromatic rings. The fourth-order valence-corrected chi connectivity index (χ4v) is 3.31. The maximum absolute atomic E-state index is 12.7. The molecule has 1 N–H and O–H groups in total. The lowest BCUT2D eigenvalue weighted by Gasteiger charge is -2.39. The number of ether oxygens (including phenoxy) is 1. The SMILES string of the molecule is CC(C)(C)OC(=O)N1CC(Nc2nc3cc(C(F)(F)F)ccc3s2)C1. The Morgan fingerprint density at radius 2 is 2.00 bits per heavy atom. The first-order valence-corrected chi connectivity index (χ1v) is 8.55. The quantitative estimate of drug-likeness (QED) is 0.851. The summed E-state index contributed by atoms with van der Waals surface area (Å²) in [5.41, 5.74) is -0.944. The van der Waals surface area contributed by atoms with Gasteiger partial charge in [0.05, 0.1) is 21.8 Å². The minimum absolute atomic E-state index is 0.00941. The Kier molecular flexibility index (Phi) is 4.30. The number of benzene rings is 1. The summed E-state index contributed by atoms with van der Waals surface area (Å²) in [5, 5.41) is 3.69. The van der Waals surface area contributed by atoms with Crippen LogP contribution in [0.1, 0.15) is 26.3 Å². The lowest BCUT2D eigenvalue weighted by molar-refractivity contribution is -0.137. The number of thiazole rings is 1. The summed E-state index contributed by atoms with van der Waals surface area (Å²) in [6.07, 6.45) is -4.75. The number of hydrogen-bond donors (Lipinski definition) is 1. The van der Waals surface area contributed by atoms with Crippen LogP contribution in [-0.4, -0.2) is 40.7 Å². The molecule has 1 saturated heterocycles. The fourth-order valence-electron chi connectivity index (χ4n) is 2.39. The van der Waals surface area contributed by atoms with E-state index in [2.05, 4.69) is 10.3 Å². The molecule has 3 rings (SSSR count). The molecule has 0 saturated carbocycles. The van der Waals surface area contributed by atoms with Crippen molar-refractivity contribution < 1.29 is 22.7 Å². The van der Waals surface area contributed by atoms with E-state index in [-0.39, 0.29) is 12.1 Å². The molecule has 25 heavy (non-hydrogen) atoms. The van der Waals surface area contributed by atoms with Gasteiger partial charge in [-0.3, -0.25) is 0 Å². The summed E-state index contributed by atoms with van der Waals surface area (Å²) in [4.78, 5) is 17.6. The fraction of sp³-hybridized carbons (Fsp3) is 0.500. The van der Waals surface area contributed by atoms with Crippen LogP contribution in [0.4, 0.5) is 23.1 Å². The van der Waals surface area contributed by atoms with E-state index in [1.54, 1.807) is 25.7 Å². The van der Waals surface area contributed by atoms with Crippen molar-refractivity contribution in [1.29, 1.82) is 0 Å². The minimum Gasteiger partial charge on any atom is -0.444 e. The van der Waals surface area contributed by atoms with Gasteiger partial charge in [-0.1, -0.05) is 11.3 Å². The molecule has 0 spiro atoms. The number of hydrogen-bond acceptors (Lipinski definition) is 5. The molecule has 136 valence electrons. The topological polar surface area (TPSA) is 54.5 Å². The Morgan fingerprint density at radius 3 is 2.60 bits per heavy atom. The summed E-state index contributed by atoms with van der Waals surface area (Å²) >= 11 is 1.29. The Balaban J connectivity index is 1.61. The van der Waals surface area contributed by atoms with Gasteiger partial charge in [0.2, 0.25) is 0 Å². The van der Waals surface area contributed by atoms with Gasteiger partial charge in [0, 0.05) is 13.1 Å². The zero-order valence-electron chi connectivity index (χ0n) is 14.0. The van der Waals surface area contributed by atoms with Gasteiger partial charge < -0.3 is 15.0 Å². The highest BCUT2D eigenvalue weighted by Crippen LogP contribution is 2.34. The molecule has 0 unspecified atom stereocenters. The number of alkyl halides is 3. The van der Waals surface area contributed by atoms with Gasteiger partial charge >= 0.3 is 12.3 Å². The van der Waals surface area contributed by atoms with Crippen molar-refractivity contribution in [3.8, 4) is 0 Å². The third-order valence-electron chi connectivity index (χ3n) is 3.58. The highest BCUT2D eigenvalue weighted by molar-refractivity contribution is 7.22. The van der Waals surface area contributed by atoms with Crippen molar-refractivity contribution in [3.63, 3.8) is 0 Å². The van der Waals surface area contributed by atoms with Gasteiger partial charge in [0.15, 0.2) is 5.13 Å². The third kappa shape index (κ3) is 4.15. The van der Waals surface area contributed by atoms with Gasteiger partial charge in [-0.05, 0) is 39.0 Å². The lowest BCUT2D eigenvalue weighted by Crippen LogP contribution is -2.57. The van der Waals surface area contributed by atoms with Gasteiger partial charge in [-0.25, -0.2) is 9.78 Å². The Hall–Kier alpha value is -2.03. The lowest BCUT2D eigenvalue weighted by atomic mass is 10.1. The summed E-state index contributed by atoms with van der Waals surface area (Å²) in [5.74, 6) is 0. The molecule has 0 bridgehead atoms. The molecule has 1 aromatic carbocycles. The number of nitrogens with zero attached hydrogens (tertiary/aromatic N) is 2. The van der Waals surface area contributed by atoms with E-state index in [1.807, 2.05) is 0 Å². The number of likely N-dealkylation sites (tertiary alicyclic amines) is 1. The smallest absolute Gasteiger partial charge is 0.416 e. The molecule has 9 heteroatoms. The molecule has 1 aliphatic rings. The van der Waals surface area contributed by atoms with Gasteiger partial charge in [-0.2, -0.15) is 13.2 Å². The summed E-state index contributed by atoms with van der Waals surface area (Å²) < 4.78 is 44.2. The van der Waals surface area contributed by atoms with Crippen LogP contribution >= 0.6 is 11.3 Å². The first-order valence-electron chi connectivity index (χ1n) is 7.73. The molecule has 0 atom stereocenters. The van der Waals surface area contributed by atoms with Crippen LogP contribution in [0.5, 0.6) is 0 Å². The van der Waals surface area contributed by atoms with Crippen molar-refractivity contribution in [2.24, 2.45) is 0 Å². The number of fused-ring (bicyclic) bond motifs is 1. The number of aromatic nitrogens is 1. The number of amides is 1. The molecule has 1 aromatic heterocycles. The van der Waals surface area contributed by atoms with Crippen LogP contribution in [0.3, 0.4) is 0 Å². The van der Waals surface area contributed by atoms with Gasteiger partial charge in [0.1, 0.15) is 5.60 Å². The van der Waals surface area contributed by atoms with Crippen molar-refractivity contribution in [3.05, 3.63) is 23.8 Å². The van der Waals surface area contributed by atoms with E-state index in [0.29, 0.717) is 28.4 Å². The van der Waals surface area contributed by atoms with E-state index >= 15 is 0 Å². The highest BCUT2D eigenvalue weighted by atomic mass is 32.1. The van der Waals surface area contributed by atoms with Crippen LogP contribution in [-0.2, 0) is 10.9 Å². The average molecular weight is 373 g/mol. The van der Waals surface area contributed by atoms with Crippen molar-refractivity contribution in [2.75, 3.05) is 18.4 Å². The Labute approximate surface area is 146 Å². The zero-order valence-corrected chi connectivity index (χ0v) is 14.8. The van der Waals surface area contributed by atoms with Gasteiger partial charge in [-0.15, -0.1) is 0 Å². The first-order chi connectivity index (χ1) is 11.5. The largest absolute Gasteiger partial charge is 0.444 e. The molecule has 1 amide bonds.